The molecule has 2 aliphatic heterocycles. The van der Waals surface area contributed by atoms with E-state index >= 15 is 0 Å². The Morgan fingerprint density at radius 1 is 1.19 bits per heavy atom. The number of anilines is 1. The topological polar surface area (TPSA) is 53.7 Å². The monoisotopic (exact) mass is 375 g/mol. The van der Waals surface area contributed by atoms with Crippen LogP contribution in [-0.4, -0.2) is 51.6 Å². The minimum atomic E-state index is 0.0534. The van der Waals surface area contributed by atoms with E-state index in [9.17, 15) is 4.79 Å². The molecular weight excluding hydrogens is 346 g/mol. The molecule has 142 valence electrons. The van der Waals surface area contributed by atoms with E-state index in [2.05, 4.69) is 36.8 Å². The molecule has 4 rings (SSSR count). The molecule has 26 heavy (non-hydrogen) atoms. The molecule has 0 aliphatic carbocycles. The largest absolute Gasteiger partial charge is 0.347 e. The number of carbonyl (C=O) groups is 1. The van der Waals surface area contributed by atoms with Crippen LogP contribution in [0.15, 0.2) is 6.20 Å². The van der Waals surface area contributed by atoms with Gasteiger partial charge in [-0.25, -0.2) is 9.50 Å². The smallest absolute Gasteiger partial charge is 0.222 e. The summed E-state index contributed by atoms with van der Waals surface area (Å²) < 4.78 is 1.93. The van der Waals surface area contributed by atoms with Crippen molar-refractivity contribution in [1.82, 2.24) is 19.5 Å². The van der Waals surface area contributed by atoms with Gasteiger partial charge in [-0.3, -0.25) is 4.79 Å². The van der Waals surface area contributed by atoms with Crippen LogP contribution in [0.4, 0.5) is 5.13 Å². The van der Waals surface area contributed by atoms with Crippen molar-refractivity contribution in [2.45, 2.75) is 58.3 Å². The van der Waals surface area contributed by atoms with E-state index in [1.54, 1.807) is 11.3 Å². The summed E-state index contributed by atoms with van der Waals surface area (Å²) >= 11 is 1.68. The van der Waals surface area contributed by atoms with E-state index in [1.807, 2.05) is 4.52 Å². The number of imidazole rings is 1. The number of rotatable bonds is 3. The molecule has 4 heterocycles. The van der Waals surface area contributed by atoms with Crippen molar-refractivity contribution in [2.75, 3.05) is 31.1 Å². The number of likely N-dealkylation sites (tertiary alicyclic amines) is 1. The molecule has 2 aromatic rings. The van der Waals surface area contributed by atoms with Crippen molar-refractivity contribution in [3.8, 4) is 0 Å². The third kappa shape index (κ3) is 3.59. The molecule has 7 heteroatoms. The van der Waals surface area contributed by atoms with Crippen LogP contribution in [0.1, 0.15) is 58.6 Å². The second-order valence-electron chi connectivity index (χ2n) is 8.72. The van der Waals surface area contributed by atoms with Gasteiger partial charge in [0.05, 0.1) is 11.9 Å². The normalized spacial score (nSPS) is 20.3. The van der Waals surface area contributed by atoms with Gasteiger partial charge in [-0.2, -0.15) is 0 Å². The summed E-state index contributed by atoms with van der Waals surface area (Å²) in [5, 5.41) is 5.83. The van der Waals surface area contributed by atoms with Crippen molar-refractivity contribution in [3.63, 3.8) is 0 Å². The molecule has 0 spiro atoms. The van der Waals surface area contributed by atoms with Gasteiger partial charge in [-0.05, 0) is 31.6 Å². The first-order valence-corrected chi connectivity index (χ1v) is 10.6. The van der Waals surface area contributed by atoms with E-state index in [-0.39, 0.29) is 5.41 Å². The van der Waals surface area contributed by atoms with Crippen LogP contribution in [0.3, 0.4) is 0 Å². The number of carbonyl (C=O) groups excluding carboxylic acids is 1. The Morgan fingerprint density at radius 3 is 2.62 bits per heavy atom. The lowest BCUT2D eigenvalue weighted by atomic mass is 9.93. The molecule has 2 fully saturated rings. The van der Waals surface area contributed by atoms with Crippen molar-refractivity contribution >= 4 is 27.3 Å². The maximum absolute atomic E-state index is 12.0. The number of nitrogens with zero attached hydrogens (tertiary/aromatic N) is 5. The lowest BCUT2D eigenvalue weighted by Gasteiger charge is -2.35. The number of fused-ring (bicyclic) bond motifs is 1. The van der Waals surface area contributed by atoms with Crippen molar-refractivity contribution in [3.05, 3.63) is 11.9 Å². The van der Waals surface area contributed by atoms with Gasteiger partial charge in [-0.1, -0.05) is 32.1 Å². The van der Waals surface area contributed by atoms with Crippen LogP contribution >= 0.6 is 11.3 Å². The average molecular weight is 376 g/mol. The zero-order valence-corrected chi connectivity index (χ0v) is 16.9. The molecule has 0 N–H and O–H groups in total. The maximum Gasteiger partial charge on any atom is 0.222 e. The fourth-order valence-corrected chi connectivity index (χ4v) is 4.79. The predicted octanol–water partition coefficient (Wildman–Crippen LogP) is 3.32. The fourth-order valence-electron chi connectivity index (χ4n) is 3.85. The highest BCUT2D eigenvalue weighted by Gasteiger charge is 2.27. The Balaban J connectivity index is 1.36. The molecule has 0 aromatic carbocycles. The second-order valence-corrected chi connectivity index (χ2v) is 9.65. The molecule has 0 saturated carbocycles. The van der Waals surface area contributed by atoms with E-state index in [1.165, 1.54) is 6.42 Å². The molecular formula is C19H29N5OS. The summed E-state index contributed by atoms with van der Waals surface area (Å²) in [6.45, 7) is 10.5. The number of aromatic nitrogens is 3. The minimum Gasteiger partial charge on any atom is -0.347 e. The Morgan fingerprint density at radius 2 is 1.96 bits per heavy atom. The number of piperidine rings is 2. The van der Waals surface area contributed by atoms with Gasteiger partial charge in [0.1, 0.15) is 0 Å². The first-order chi connectivity index (χ1) is 12.4. The van der Waals surface area contributed by atoms with Gasteiger partial charge in [0.2, 0.25) is 16.0 Å². The highest BCUT2D eigenvalue weighted by Crippen LogP contribution is 2.30. The summed E-state index contributed by atoms with van der Waals surface area (Å²) in [7, 11) is 0. The van der Waals surface area contributed by atoms with Gasteiger partial charge < -0.3 is 9.80 Å². The van der Waals surface area contributed by atoms with Crippen LogP contribution in [-0.2, 0) is 10.2 Å². The predicted molar refractivity (Wildman–Crippen MR) is 105 cm³/mol. The van der Waals surface area contributed by atoms with Crippen LogP contribution in [0, 0.1) is 5.92 Å². The summed E-state index contributed by atoms with van der Waals surface area (Å²) in [5.74, 6) is 0.985. The maximum atomic E-state index is 12.0. The molecule has 0 radical (unpaired) electrons. The first-order valence-electron chi connectivity index (χ1n) is 9.79. The summed E-state index contributed by atoms with van der Waals surface area (Å²) in [6.07, 6.45) is 7.31. The molecule has 0 atom stereocenters. The number of amides is 1. The molecule has 2 saturated heterocycles. The highest BCUT2D eigenvalue weighted by molar-refractivity contribution is 7.20. The summed E-state index contributed by atoms with van der Waals surface area (Å²) in [4.78, 5) is 22.2. The van der Waals surface area contributed by atoms with Gasteiger partial charge >= 0.3 is 0 Å². The standard InChI is InChI=1S/C19H29N5OS/c1-19(2,3)15-13-24-17(20-15)26-18(21-24)22-10-7-14(8-11-22)12-23-9-5-4-6-16(23)25/h13-14H,4-12H2,1-3H3. The highest BCUT2D eigenvalue weighted by atomic mass is 32.1. The minimum absolute atomic E-state index is 0.0534. The Hall–Kier alpha value is -1.63. The molecule has 6 nitrogen and oxygen atoms in total. The average Bonchev–Trinajstić information content (AvgIpc) is 3.16. The SMILES string of the molecule is CC(C)(C)c1cn2nc(N3CCC(CN4CCCCC4=O)CC3)sc2n1. The molecule has 0 bridgehead atoms. The quantitative estimate of drug-likeness (QED) is 0.826. The van der Waals surface area contributed by atoms with Gasteiger partial charge in [0, 0.05) is 38.0 Å². The third-order valence-electron chi connectivity index (χ3n) is 5.59. The van der Waals surface area contributed by atoms with E-state index < -0.39 is 0 Å². The van der Waals surface area contributed by atoms with Crippen molar-refractivity contribution in [1.29, 1.82) is 0 Å². The van der Waals surface area contributed by atoms with Crippen LogP contribution < -0.4 is 4.90 Å². The first kappa shape index (κ1) is 17.8. The summed E-state index contributed by atoms with van der Waals surface area (Å²) in [5.41, 5.74) is 1.14. The van der Waals surface area contributed by atoms with Crippen molar-refractivity contribution < 1.29 is 4.79 Å². The molecule has 2 aromatic heterocycles. The zero-order valence-electron chi connectivity index (χ0n) is 16.1. The second kappa shape index (κ2) is 6.83. The van der Waals surface area contributed by atoms with Crippen LogP contribution in [0.5, 0.6) is 0 Å². The molecule has 0 unspecified atom stereocenters. The Kier molecular flexibility index (Phi) is 4.67. The van der Waals surface area contributed by atoms with Crippen LogP contribution in [0.25, 0.3) is 4.96 Å². The van der Waals surface area contributed by atoms with E-state index in [0.717, 1.165) is 67.6 Å². The van der Waals surface area contributed by atoms with Crippen molar-refractivity contribution in [2.24, 2.45) is 5.92 Å². The number of hydrogen-bond acceptors (Lipinski definition) is 5. The van der Waals surface area contributed by atoms with Gasteiger partial charge in [0.25, 0.3) is 0 Å². The lowest BCUT2D eigenvalue weighted by molar-refractivity contribution is -0.134. The van der Waals surface area contributed by atoms with Gasteiger partial charge in [0.15, 0.2) is 0 Å². The fraction of sp³-hybridized carbons (Fsp3) is 0.737. The van der Waals surface area contributed by atoms with E-state index in [0.29, 0.717) is 11.8 Å². The molecule has 2 aliphatic rings. The van der Waals surface area contributed by atoms with E-state index in [4.69, 9.17) is 10.1 Å². The number of hydrogen-bond donors (Lipinski definition) is 0. The zero-order chi connectivity index (χ0) is 18.3. The Labute approximate surface area is 159 Å². The Bertz CT molecular complexity index is 750. The lowest BCUT2D eigenvalue weighted by Crippen LogP contribution is -2.42. The third-order valence-corrected chi connectivity index (χ3v) is 6.57. The van der Waals surface area contributed by atoms with Crippen LogP contribution in [0.2, 0.25) is 0 Å². The molecule has 1 amide bonds. The summed E-state index contributed by atoms with van der Waals surface area (Å²) in [6, 6.07) is 0. The van der Waals surface area contributed by atoms with Gasteiger partial charge in [-0.15, -0.1) is 5.10 Å².